The number of para-hydroxylation sites is 1. The van der Waals surface area contributed by atoms with Gasteiger partial charge in [0.2, 0.25) is 0 Å². The average molecular weight is 749 g/mol. The first-order valence-corrected chi connectivity index (χ1v) is 20.0. The van der Waals surface area contributed by atoms with Gasteiger partial charge in [0.05, 0.1) is 11.0 Å². The predicted molar refractivity (Wildman–Crippen MR) is 238 cm³/mol. The maximum atomic E-state index is 6.58. The van der Waals surface area contributed by atoms with E-state index in [2.05, 4.69) is 186 Å². The van der Waals surface area contributed by atoms with Gasteiger partial charge in [0.25, 0.3) is 0 Å². The van der Waals surface area contributed by atoms with E-state index < -0.39 is 0 Å². The molecule has 12 rings (SSSR count). The van der Waals surface area contributed by atoms with Crippen LogP contribution in [0.15, 0.2) is 196 Å². The van der Waals surface area contributed by atoms with Crippen molar-refractivity contribution in [1.29, 1.82) is 0 Å². The second-order valence-corrected chi connectivity index (χ2v) is 15.6. The lowest BCUT2D eigenvalue weighted by Gasteiger charge is -2.24. The van der Waals surface area contributed by atoms with Crippen molar-refractivity contribution in [3.63, 3.8) is 0 Å². The maximum Gasteiger partial charge on any atom is 0.159 e. The molecule has 11 aromatic rings. The molecule has 0 fully saturated rings. The molecule has 5 nitrogen and oxygen atoms in total. The standard InChI is InChI=1S/C51H32N4OS/c1-3-12-31(13-4-1)33-23-26-44-41(28-33)36-16-7-9-20-43(36)55(44)35-24-27-45-42(30-35)37-25-22-34(29-46(37)56-45)50-52-49(32-14-5-2-6-15-32)53-51(54-50)40-19-11-18-39-38-17-8-10-21-47(38)57-48(39)40/h1-30,49H,(H,52,53,54). The van der Waals surface area contributed by atoms with Crippen LogP contribution in [0, 0.1) is 0 Å². The molecule has 0 saturated heterocycles. The van der Waals surface area contributed by atoms with Crippen molar-refractivity contribution in [3.8, 4) is 16.8 Å². The van der Waals surface area contributed by atoms with Gasteiger partial charge in [-0.3, -0.25) is 0 Å². The Labute approximate surface area is 331 Å². The fourth-order valence-electron chi connectivity index (χ4n) is 8.56. The number of nitrogens with zero attached hydrogens (tertiary/aromatic N) is 3. The molecule has 8 aromatic carbocycles. The summed E-state index contributed by atoms with van der Waals surface area (Å²) in [7, 11) is 0. The molecule has 0 spiro atoms. The van der Waals surface area contributed by atoms with Crippen molar-refractivity contribution in [2.45, 2.75) is 6.17 Å². The van der Waals surface area contributed by atoms with Gasteiger partial charge >= 0.3 is 0 Å². The molecule has 1 unspecified atom stereocenters. The highest BCUT2D eigenvalue weighted by Gasteiger charge is 2.24. The Balaban J connectivity index is 0.979. The van der Waals surface area contributed by atoms with Crippen LogP contribution in [0.4, 0.5) is 0 Å². The molecule has 1 aliphatic rings. The van der Waals surface area contributed by atoms with Crippen LogP contribution in [0.5, 0.6) is 0 Å². The minimum Gasteiger partial charge on any atom is -0.456 e. The van der Waals surface area contributed by atoms with Gasteiger partial charge in [0, 0.05) is 58.5 Å². The second-order valence-electron chi connectivity index (χ2n) is 14.6. The highest BCUT2D eigenvalue weighted by Crippen LogP contribution is 2.39. The van der Waals surface area contributed by atoms with Crippen molar-refractivity contribution in [2.24, 2.45) is 9.98 Å². The quantitative estimate of drug-likeness (QED) is 0.191. The smallest absolute Gasteiger partial charge is 0.159 e. The van der Waals surface area contributed by atoms with Gasteiger partial charge in [-0.2, -0.15) is 0 Å². The number of rotatable bonds is 5. The first-order chi connectivity index (χ1) is 28.2. The van der Waals surface area contributed by atoms with Crippen molar-refractivity contribution in [1.82, 2.24) is 9.88 Å². The van der Waals surface area contributed by atoms with Gasteiger partial charge in [0.1, 0.15) is 23.2 Å². The molecule has 1 atom stereocenters. The van der Waals surface area contributed by atoms with Crippen molar-refractivity contribution in [3.05, 3.63) is 199 Å². The van der Waals surface area contributed by atoms with Crippen molar-refractivity contribution < 1.29 is 4.42 Å². The van der Waals surface area contributed by atoms with Crippen LogP contribution in [-0.4, -0.2) is 16.2 Å². The SMILES string of the molecule is c1ccc(-c2ccc3c(c2)c2ccccc2n3-c2ccc3oc4cc(C5=NC(c6ccccc6)NC(c6cccc7c6sc6ccccc67)=N5)ccc4c3c2)cc1. The predicted octanol–water partition coefficient (Wildman–Crippen LogP) is 13.2. The normalized spacial score (nSPS) is 14.5. The van der Waals surface area contributed by atoms with Gasteiger partial charge in [0.15, 0.2) is 5.84 Å². The third kappa shape index (κ3) is 5.15. The number of thiophene rings is 1. The highest BCUT2D eigenvalue weighted by atomic mass is 32.1. The Bertz CT molecular complexity index is 3450. The molecule has 1 N–H and O–H groups in total. The molecular weight excluding hydrogens is 717 g/mol. The molecule has 268 valence electrons. The maximum absolute atomic E-state index is 6.58. The van der Waals surface area contributed by atoms with Crippen LogP contribution in [-0.2, 0) is 0 Å². The van der Waals surface area contributed by atoms with Gasteiger partial charge in [-0.25, -0.2) is 9.98 Å². The van der Waals surface area contributed by atoms with E-state index in [0.29, 0.717) is 5.84 Å². The molecule has 0 aliphatic carbocycles. The van der Waals surface area contributed by atoms with E-state index in [1.807, 2.05) is 6.07 Å². The summed E-state index contributed by atoms with van der Waals surface area (Å²) < 4.78 is 11.4. The van der Waals surface area contributed by atoms with E-state index in [4.69, 9.17) is 14.4 Å². The van der Waals surface area contributed by atoms with Crippen LogP contribution in [0.3, 0.4) is 0 Å². The van der Waals surface area contributed by atoms with E-state index in [0.717, 1.165) is 50.2 Å². The zero-order valence-electron chi connectivity index (χ0n) is 30.6. The Morgan fingerprint density at radius 1 is 0.509 bits per heavy atom. The summed E-state index contributed by atoms with van der Waals surface area (Å²) in [5.74, 6) is 1.47. The van der Waals surface area contributed by atoms with Crippen molar-refractivity contribution >= 4 is 86.9 Å². The number of benzene rings is 8. The largest absolute Gasteiger partial charge is 0.456 e. The minimum atomic E-state index is -0.303. The lowest BCUT2D eigenvalue weighted by atomic mass is 10.0. The summed E-state index contributed by atoms with van der Waals surface area (Å²) in [5.41, 5.74) is 10.5. The van der Waals surface area contributed by atoms with Crippen LogP contribution >= 0.6 is 11.3 Å². The van der Waals surface area contributed by atoms with E-state index >= 15 is 0 Å². The van der Waals surface area contributed by atoms with Crippen molar-refractivity contribution in [2.75, 3.05) is 0 Å². The molecule has 3 aromatic heterocycles. The topological polar surface area (TPSA) is 54.8 Å². The lowest BCUT2D eigenvalue weighted by molar-refractivity contribution is 0.667. The van der Waals surface area contributed by atoms with E-state index in [1.54, 1.807) is 11.3 Å². The van der Waals surface area contributed by atoms with Crippen LogP contribution < -0.4 is 5.32 Å². The number of fused-ring (bicyclic) bond motifs is 9. The number of hydrogen-bond donors (Lipinski definition) is 1. The monoisotopic (exact) mass is 748 g/mol. The fourth-order valence-corrected chi connectivity index (χ4v) is 9.78. The second kappa shape index (κ2) is 12.6. The number of amidine groups is 2. The summed E-state index contributed by atoms with van der Waals surface area (Å²) in [6.07, 6.45) is -0.303. The first kappa shape index (κ1) is 32.0. The first-order valence-electron chi connectivity index (χ1n) is 19.2. The van der Waals surface area contributed by atoms with E-state index in [-0.39, 0.29) is 6.17 Å². The molecule has 4 heterocycles. The highest BCUT2D eigenvalue weighted by molar-refractivity contribution is 7.26. The Kier molecular flexibility index (Phi) is 7.09. The minimum absolute atomic E-state index is 0.303. The summed E-state index contributed by atoms with van der Waals surface area (Å²) in [6.45, 7) is 0. The lowest BCUT2D eigenvalue weighted by Crippen LogP contribution is -2.33. The van der Waals surface area contributed by atoms with Crippen LogP contribution in [0.25, 0.3) is 80.7 Å². The number of furan rings is 1. The molecule has 57 heavy (non-hydrogen) atoms. The molecule has 6 heteroatoms. The molecule has 0 amide bonds. The van der Waals surface area contributed by atoms with E-state index in [9.17, 15) is 0 Å². The Hall–Kier alpha value is -7.28. The zero-order valence-corrected chi connectivity index (χ0v) is 31.4. The molecule has 1 aliphatic heterocycles. The fraction of sp³-hybridized carbons (Fsp3) is 0.0196. The van der Waals surface area contributed by atoms with Gasteiger partial charge in [-0.05, 0) is 77.4 Å². The summed E-state index contributed by atoms with van der Waals surface area (Å²) in [6, 6.07) is 64.4. The Morgan fingerprint density at radius 2 is 1.26 bits per heavy atom. The molecule has 0 radical (unpaired) electrons. The Morgan fingerprint density at radius 3 is 2.16 bits per heavy atom. The number of hydrogen-bond acceptors (Lipinski definition) is 5. The molecule has 0 saturated carbocycles. The average Bonchev–Trinajstić information content (AvgIpc) is 3.95. The van der Waals surface area contributed by atoms with Gasteiger partial charge in [-0.15, -0.1) is 11.3 Å². The van der Waals surface area contributed by atoms with Gasteiger partial charge in [-0.1, -0.05) is 121 Å². The van der Waals surface area contributed by atoms with Crippen LogP contribution in [0.2, 0.25) is 0 Å². The summed E-state index contributed by atoms with van der Waals surface area (Å²) in [4.78, 5) is 10.4. The third-order valence-corrected chi connectivity index (χ3v) is 12.5. The van der Waals surface area contributed by atoms with Crippen LogP contribution in [0.1, 0.15) is 22.9 Å². The van der Waals surface area contributed by atoms with E-state index in [1.165, 1.54) is 53.1 Å². The number of aliphatic imine (C=N–C) groups is 2. The van der Waals surface area contributed by atoms with Gasteiger partial charge < -0.3 is 14.3 Å². The molecule has 0 bridgehead atoms. The molecular formula is C51H32N4OS. The number of nitrogens with one attached hydrogen (secondary N) is 1. The number of aromatic nitrogens is 1. The summed E-state index contributed by atoms with van der Waals surface area (Å²) >= 11 is 1.80. The third-order valence-electron chi connectivity index (χ3n) is 11.3. The zero-order chi connectivity index (χ0) is 37.5. The summed E-state index contributed by atoms with van der Waals surface area (Å²) in [5, 5.41) is 10.8.